The fourth-order valence-electron chi connectivity index (χ4n) is 4.20. The molecule has 0 atom stereocenters. The first-order valence-corrected chi connectivity index (χ1v) is 11.0. The van der Waals surface area contributed by atoms with Gasteiger partial charge in [0.05, 0.1) is 28.4 Å². The highest BCUT2D eigenvalue weighted by atomic mass is 19.4. The highest BCUT2D eigenvalue weighted by Crippen LogP contribution is 2.32. The molecule has 2 aromatic heterocycles. The van der Waals surface area contributed by atoms with Crippen LogP contribution in [0.25, 0.3) is 11.0 Å². The predicted octanol–water partition coefficient (Wildman–Crippen LogP) is 4.09. The van der Waals surface area contributed by atoms with Gasteiger partial charge < -0.3 is 15.1 Å². The predicted molar refractivity (Wildman–Crippen MR) is 126 cm³/mol. The fourth-order valence-corrected chi connectivity index (χ4v) is 4.20. The van der Waals surface area contributed by atoms with E-state index in [1.54, 1.807) is 40.0 Å². The zero-order chi connectivity index (χ0) is 24.6. The number of nitrogens with one attached hydrogen (secondary N) is 1. The molecule has 0 radical (unpaired) electrons. The van der Waals surface area contributed by atoms with E-state index < -0.39 is 11.7 Å². The van der Waals surface area contributed by atoms with Crippen LogP contribution in [0.4, 0.5) is 30.4 Å². The molecule has 2 aromatic carbocycles. The Kier molecular flexibility index (Phi) is 5.75. The summed E-state index contributed by atoms with van der Waals surface area (Å²) in [6, 6.07) is 11.7. The SMILES string of the molecule is Cn1ncc2c(N3CCN(C(=O)c4ccccc4Nc4cccc(C(F)(F)F)c4)CC3)ncnc21. The number of halogens is 3. The van der Waals surface area contributed by atoms with Gasteiger partial charge in [0.2, 0.25) is 0 Å². The summed E-state index contributed by atoms with van der Waals surface area (Å²) in [7, 11) is 1.82. The Morgan fingerprint density at radius 3 is 2.54 bits per heavy atom. The number of hydrogen-bond donors (Lipinski definition) is 1. The van der Waals surface area contributed by atoms with Crippen LogP contribution < -0.4 is 10.2 Å². The molecule has 35 heavy (non-hydrogen) atoms. The Bertz CT molecular complexity index is 1380. The van der Waals surface area contributed by atoms with Crippen LogP contribution in [0.1, 0.15) is 15.9 Å². The van der Waals surface area contributed by atoms with Gasteiger partial charge in [-0.25, -0.2) is 9.97 Å². The Hall–Kier alpha value is -4.15. The third kappa shape index (κ3) is 4.48. The molecule has 0 unspecified atom stereocenters. The number of benzene rings is 2. The van der Waals surface area contributed by atoms with Crippen LogP contribution in [0.3, 0.4) is 0 Å². The minimum Gasteiger partial charge on any atom is -0.355 e. The summed E-state index contributed by atoms with van der Waals surface area (Å²) in [5.74, 6) is 0.593. The first kappa shape index (κ1) is 22.6. The van der Waals surface area contributed by atoms with Gasteiger partial charge in [-0.2, -0.15) is 18.3 Å². The Balaban J connectivity index is 1.31. The number of piperazine rings is 1. The molecule has 3 heterocycles. The number of anilines is 3. The zero-order valence-electron chi connectivity index (χ0n) is 18.8. The number of aryl methyl sites for hydroxylation is 1. The summed E-state index contributed by atoms with van der Waals surface area (Å²) in [5, 5.41) is 8.08. The van der Waals surface area contributed by atoms with Crippen LogP contribution in [-0.4, -0.2) is 56.7 Å². The van der Waals surface area contributed by atoms with Gasteiger partial charge in [-0.15, -0.1) is 0 Å². The maximum Gasteiger partial charge on any atom is 0.416 e. The fraction of sp³-hybridized carbons (Fsp3) is 0.250. The summed E-state index contributed by atoms with van der Waals surface area (Å²) in [4.78, 5) is 25.9. The van der Waals surface area contributed by atoms with E-state index in [0.717, 1.165) is 29.0 Å². The molecule has 1 N–H and O–H groups in total. The molecule has 5 rings (SSSR count). The number of alkyl halides is 3. The molecule has 1 aliphatic rings. The molecule has 0 spiro atoms. The number of nitrogens with zero attached hydrogens (tertiary/aromatic N) is 6. The molecule has 180 valence electrons. The number of carbonyl (C=O) groups is 1. The molecule has 4 aromatic rings. The second-order valence-electron chi connectivity index (χ2n) is 8.23. The van der Waals surface area contributed by atoms with Crippen molar-refractivity contribution >= 4 is 34.1 Å². The van der Waals surface area contributed by atoms with Gasteiger partial charge in [0.25, 0.3) is 5.91 Å². The van der Waals surface area contributed by atoms with E-state index in [-0.39, 0.29) is 11.6 Å². The van der Waals surface area contributed by atoms with Gasteiger partial charge in [0.15, 0.2) is 5.65 Å². The lowest BCUT2D eigenvalue weighted by atomic mass is 10.1. The third-order valence-corrected chi connectivity index (χ3v) is 6.00. The summed E-state index contributed by atoms with van der Waals surface area (Å²) in [6.45, 7) is 2.11. The molecule has 1 aliphatic heterocycles. The molecular formula is C24H22F3N7O. The molecule has 1 saturated heterocycles. The normalized spacial score (nSPS) is 14.4. The van der Waals surface area contributed by atoms with Gasteiger partial charge >= 0.3 is 6.18 Å². The minimum absolute atomic E-state index is 0.186. The Morgan fingerprint density at radius 2 is 1.77 bits per heavy atom. The quantitative estimate of drug-likeness (QED) is 0.473. The van der Waals surface area contributed by atoms with Crippen LogP contribution in [0.2, 0.25) is 0 Å². The zero-order valence-corrected chi connectivity index (χ0v) is 18.8. The van der Waals surface area contributed by atoms with Crippen molar-refractivity contribution in [3.63, 3.8) is 0 Å². The van der Waals surface area contributed by atoms with Crippen molar-refractivity contribution in [2.45, 2.75) is 6.18 Å². The lowest BCUT2D eigenvalue weighted by Gasteiger charge is -2.35. The lowest BCUT2D eigenvalue weighted by Crippen LogP contribution is -2.49. The van der Waals surface area contributed by atoms with Gasteiger partial charge in [-0.05, 0) is 30.3 Å². The van der Waals surface area contributed by atoms with Gasteiger partial charge in [0.1, 0.15) is 12.1 Å². The van der Waals surface area contributed by atoms with Crippen LogP contribution in [0.15, 0.2) is 61.1 Å². The maximum atomic E-state index is 13.3. The Labute approximate surface area is 199 Å². The van der Waals surface area contributed by atoms with Gasteiger partial charge in [-0.3, -0.25) is 9.48 Å². The topological polar surface area (TPSA) is 79.2 Å². The number of aromatic nitrogens is 4. The monoisotopic (exact) mass is 481 g/mol. The first-order valence-electron chi connectivity index (χ1n) is 11.0. The van der Waals surface area contributed by atoms with Gasteiger partial charge in [0, 0.05) is 38.9 Å². The van der Waals surface area contributed by atoms with Crippen LogP contribution in [0.5, 0.6) is 0 Å². The molecule has 0 bridgehead atoms. The van der Waals surface area contributed by atoms with Crippen LogP contribution in [-0.2, 0) is 13.2 Å². The number of carbonyl (C=O) groups excluding carboxylic acids is 1. The van der Waals surface area contributed by atoms with Crippen molar-refractivity contribution in [2.24, 2.45) is 7.05 Å². The van der Waals surface area contributed by atoms with E-state index in [2.05, 4.69) is 25.3 Å². The number of rotatable bonds is 4. The van der Waals surface area contributed by atoms with Crippen LogP contribution in [0, 0.1) is 0 Å². The van der Waals surface area contributed by atoms with Crippen molar-refractivity contribution in [2.75, 3.05) is 36.4 Å². The maximum absolute atomic E-state index is 13.3. The van der Waals surface area contributed by atoms with E-state index in [4.69, 9.17) is 0 Å². The van der Waals surface area contributed by atoms with E-state index in [0.29, 0.717) is 37.4 Å². The second kappa shape index (κ2) is 8.90. The summed E-state index contributed by atoms with van der Waals surface area (Å²) < 4.78 is 41.0. The number of hydrogen-bond acceptors (Lipinski definition) is 6. The third-order valence-electron chi connectivity index (χ3n) is 6.00. The van der Waals surface area contributed by atoms with Gasteiger partial charge in [-0.1, -0.05) is 18.2 Å². The van der Waals surface area contributed by atoms with E-state index >= 15 is 0 Å². The smallest absolute Gasteiger partial charge is 0.355 e. The molecule has 0 aliphatic carbocycles. The second-order valence-corrected chi connectivity index (χ2v) is 8.23. The van der Waals surface area contributed by atoms with Crippen molar-refractivity contribution in [1.29, 1.82) is 0 Å². The number of amides is 1. The lowest BCUT2D eigenvalue weighted by molar-refractivity contribution is -0.137. The van der Waals surface area contributed by atoms with E-state index in [9.17, 15) is 18.0 Å². The summed E-state index contributed by atoms with van der Waals surface area (Å²) in [6.07, 6.45) is -1.21. The van der Waals surface area contributed by atoms with Crippen molar-refractivity contribution in [1.82, 2.24) is 24.6 Å². The average Bonchev–Trinajstić information content (AvgIpc) is 3.25. The largest absolute Gasteiger partial charge is 0.416 e. The van der Waals surface area contributed by atoms with E-state index in [1.165, 1.54) is 18.5 Å². The highest BCUT2D eigenvalue weighted by Gasteiger charge is 2.30. The first-order chi connectivity index (χ1) is 16.8. The van der Waals surface area contributed by atoms with Crippen molar-refractivity contribution in [3.05, 3.63) is 72.2 Å². The summed E-state index contributed by atoms with van der Waals surface area (Å²) >= 11 is 0. The highest BCUT2D eigenvalue weighted by molar-refractivity contribution is 6.00. The minimum atomic E-state index is -4.45. The van der Waals surface area contributed by atoms with Crippen molar-refractivity contribution < 1.29 is 18.0 Å². The standard InChI is InChI=1S/C24H22F3N7O/c1-32-21-19(14-30-32)22(29-15-28-21)33-9-11-34(12-10-33)23(35)18-7-2-3-8-20(18)31-17-6-4-5-16(13-17)24(25,26)27/h2-8,13-15,31H,9-12H2,1H3. The van der Waals surface area contributed by atoms with Crippen molar-refractivity contribution in [3.8, 4) is 0 Å². The Morgan fingerprint density at radius 1 is 1.00 bits per heavy atom. The molecule has 0 saturated carbocycles. The summed E-state index contributed by atoms with van der Waals surface area (Å²) in [5.41, 5.74) is 1.09. The molecule has 8 nitrogen and oxygen atoms in total. The molecular weight excluding hydrogens is 459 g/mol. The molecule has 1 amide bonds. The molecule has 1 fully saturated rings. The van der Waals surface area contributed by atoms with E-state index in [1.807, 2.05) is 7.05 Å². The number of para-hydroxylation sites is 1. The van der Waals surface area contributed by atoms with Crippen LogP contribution >= 0.6 is 0 Å². The average molecular weight is 481 g/mol. The molecule has 11 heteroatoms. The number of fused-ring (bicyclic) bond motifs is 1.